The van der Waals surface area contributed by atoms with Crippen molar-refractivity contribution in [3.63, 3.8) is 0 Å². The summed E-state index contributed by atoms with van der Waals surface area (Å²) in [6, 6.07) is 15.3. The number of benzene rings is 2. The summed E-state index contributed by atoms with van der Waals surface area (Å²) < 4.78 is 28.4. The van der Waals surface area contributed by atoms with Gasteiger partial charge >= 0.3 is 0 Å². The molecule has 2 heterocycles. The van der Waals surface area contributed by atoms with Gasteiger partial charge in [-0.15, -0.1) is 10.2 Å². The zero-order valence-corrected chi connectivity index (χ0v) is 20.8. The number of hydrogen-bond acceptors (Lipinski definition) is 5. The fourth-order valence-electron chi connectivity index (χ4n) is 3.79. The first-order chi connectivity index (χ1) is 14.8. The van der Waals surface area contributed by atoms with E-state index in [2.05, 4.69) is 70.6 Å². The molecular weight excluding hydrogens is 523 g/mol. The molecule has 162 valence electrons. The van der Waals surface area contributed by atoms with Crippen LogP contribution in [0.4, 0.5) is 5.82 Å². The molecule has 0 unspecified atom stereocenters. The average molecular weight is 548 g/mol. The van der Waals surface area contributed by atoms with E-state index in [1.165, 1.54) is 16.7 Å². The number of sulfonamides is 1. The standard InChI is InChI=1S/C23H25IN4O2S/c1-16-14-18(3)21(15-17(16)2)22-8-9-23(26-25-22)27-10-12-28(13-11-27)31(29,30)20-6-4-19(24)5-7-20/h4-9,14-15H,10-13H2,1-3H3. The van der Waals surface area contributed by atoms with Crippen molar-refractivity contribution >= 4 is 38.4 Å². The van der Waals surface area contributed by atoms with Crippen molar-refractivity contribution in [3.8, 4) is 11.3 Å². The van der Waals surface area contributed by atoms with E-state index in [-0.39, 0.29) is 0 Å². The van der Waals surface area contributed by atoms with Crippen molar-refractivity contribution in [2.75, 3.05) is 31.1 Å². The highest BCUT2D eigenvalue weighted by Crippen LogP contribution is 2.26. The largest absolute Gasteiger partial charge is 0.352 e. The van der Waals surface area contributed by atoms with Gasteiger partial charge in [0.2, 0.25) is 10.0 Å². The molecule has 6 nitrogen and oxygen atoms in total. The molecule has 1 aromatic heterocycles. The number of rotatable bonds is 4. The van der Waals surface area contributed by atoms with E-state index in [1.807, 2.05) is 24.3 Å². The average Bonchev–Trinajstić information content (AvgIpc) is 2.77. The van der Waals surface area contributed by atoms with Crippen LogP contribution in [0, 0.1) is 24.3 Å². The van der Waals surface area contributed by atoms with Gasteiger partial charge < -0.3 is 4.90 Å². The van der Waals surface area contributed by atoms with Crippen LogP contribution in [-0.2, 0) is 10.0 Å². The van der Waals surface area contributed by atoms with Crippen molar-refractivity contribution < 1.29 is 8.42 Å². The van der Waals surface area contributed by atoms with Crippen molar-refractivity contribution in [3.05, 3.63) is 68.8 Å². The molecule has 0 bridgehead atoms. The van der Waals surface area contributed by atoms with Gasteiger partial charge in [-0.1, -0.05) is 6.07 Å². The van der Waals surface area contributed by atoms with Crippen LogP contribution in [0.3, 0.4) is 0 Å². The minimum Gasteiger partial charge on any atom is -0.352 e. The zero-order valence-electron chi connectivity index (χ0n) is 17.8. The first-order valence-corrected chi connectivity index (χ1v) is 12.7. The second-order valence-electron chi connectivity index (χ2n) is 7.87. The second-order valence-corrected chi connectivity index (χ2v) is 11.1. The Bertz CT molecular complexity index is 1190. The molecule has 0 spiro atoms. The Morgan fingerprint density at radius 3 is 2.06 bits per heavy atom. The highest BCUT2D eigenvalue weighted by atomic mass is 127. The Balaban J connectivity index is 1.46. The molecule has 3 aromatic rings. The van der Waals surface area contributed by atoms with Crippen LogP contribution < -0.4 is 4.90 Å². The molecule has 0 radical (unpaired) electrons. The summed E-state index contributed by atoms with van der Waals surface area (Å²) in [7, 11) is -3.47. The first-order valence-electron chi connectivity index (χ1n) is 10.2. The molecule has 2 aromatic carbocycles. The van der Waals surface area contributed by atoms with E-state index in [4.69, 9.17) is 0 Å². The maximum absolute atomic E-state index is 12.9. The van der Waals surface area contributed by atoms with Gasteiger partial charge in [0.25, 0.3) is 0 Å². The molecule has 1 aliphatic heterocycles. The number of aryl methyl sites for hydroxylation is 3. The Labute approximate surface area is 197 Å². The Kier molecular flexibility index (Phi) is 6.32. The minimum absolute atomic E-state index is 0.342. The molecule has 0 atom stereocenters. The van der Waals surface area contributed by atoms with Crippen LogP contribution in [0.15, 0.2) is 53.4 Å². The number of piperazine rings is 1. The molecule has 0 aliphatic carbocycles. The normalized spacial score (nSPS) is 15.3. The summed E-state index contributed by atoms with van der Waals surface area (Å²) in [5.74, 6) is 0.775. The van der Waals surface area contributed by atoms with Crippen LogP contribution in [0.1, 0.15) is 16.7 Å². The van der Waals surface area contributed by atoms with Crippen LogP contribution in [0.5, 0.6) is 0 Å². The van der Waals surface area contributed by atoms with Crippen molar-refractivity contribution in [1.29, 1.82) is 0 Å². The van der Waals surface area contributed by atoms with Crippen LogP contribution in [0.2, 0.25) is 0 Å². The third kappa shape index (κ3) is 4.61. The zero-order chi connectivity index (χ0) is 22.2. The lowest BCUT2D eigenvalue weighted by Gasteiger charge is -2.34. The predicted molar refractivity (Wildman–Crippen MR) is 132 cm³/mol. The van der Waals surface area contributed by atoms with E-state index in [0.29, 0.717) is 31.1 Å². The predicted octanol–water partition coefficient (Wildman–Crippen LogP) is 4.18. The fourth-order valence-corrected chi connectivity index (χ4v) is 5.57. The molecule has 1 fully saturated rings. The van der Waals surface area contributed by atoms with Gasteiger partial charge in [-0.25, -0.2) is 8.42 Å². The van der Waals surface area contributed by atoms with E-state index in [0.717, 1.165) is 20.6 Å². The summed E-state index contributed by atoms with van der Waals surface area (Å²) in [4.78, 5) is 2.43. The highest BCUT2D eigenvalue weighted by Gasteiger charge is 2.29. The SMILES string of the molecule is Cc1cc(C)c(-c2ccc(N3CCN(S(=O)(=O)c4ccc(I)cc4)CC3)nn2)cc1C. The summed E-state index contributed by atoms with van der Waals surface area (Å²) >= 11 is 2.17. The van der Waals surface area contributed by atoms with Gasteiger partial charge in [0, 0.05) is 35.3 Å². The molecule has 0 N–H and O–H groups in total. The second kappa shape index (κ2) is 8.84. The van der Waals surface area contributed by atoms with Gasteiger partial charge in [-0.2, -0.15) is 4.31 Å². The maximum atomic E-state index is 12.9. The molecule has 4 rings (SSSR count). The molecule has 1 aliphatic rings. The first kappa shape index (κ1) is 22.2. The lowest BCUT2D eigenvalue weighted by atomic mass is 9.99. The van der Waals surface area contributed by atoms with Gasteiger partial charge in [-0.3, -0.25) is 0 Å². The lowest BCUT2D eigenvalue weighted by Crippen LogP contribution is -2.49. The third-order valence-corrected chi connectivity index (χ3v) is 8.41. The molecular formula is C23H25IN4O2S. The topological polar surface area (TPSA) is 66.4 Å². The van der Waals surface area contributed by atoms with Gasteiger partial charge in [0.1, 0.15) is 0 Å². The number of nitrogens with zero attached hydrogens (tertiary/aromatic N) is 4. The van der Waals surface area contributed by atoms with Crippen LogP contribution >= 0.6 is 22.6 Å². The summed E-state index contributed by atoms with van der Waals surface area (Å²) in [5.41, 5.74) is 5.63. The van der Waals surface area contributed by atoms with E-state index >= 15 is 0 Å². The van der Waals surface area contributed by atoms with Crippen molar-refractivity contribution in [1.82, 2.24) is 14.5 Å². The van der Waals surface area contributed by atoms with E-state index < -0.39 is 10.0 Å². The van der Waals surface area contributed by atoms with E-state index in [1.54, 1.807) is 16.4 Å². The molecule has 31 heavy (non-hydrogen) atoms. The number of anilines is 1. The number of halogens is 1. The molecule has 1 saturated heterocycles. The van der Waals surface area contributed by atoms with Crippen LogP contribution in [0.25, 0.3) is 11.3 Å². The summed E-state index contributed by atoms with van der Waals surface area (Å²) in [5, 5.41) is 8.89. The Hall–Kier alpha value is -2.04. The third-order valence-electron chi connectivity index (χ3n) is 5.78. The lowest BCUT2D eigenvalue weighted by molar-refractivity contribution is 0.383. The van der Waals surface area contributed by atoms with Crippen LogP contribution in [-0.4, -0.2) is 49.1 Å². The Morgan fingerprint density at radius 1 is 0.806 bits per heavy atom. The summed E-state index contributed by atoms with van der Waals surface area (Å²) in [6.07, 6.45) is 0. The summed E-state index contributed by atoms with van der Waals surface area (Å²) in [6.45, 7) is 8.32. The number of aromatic nitrogens is 2. The monoisotopic (exact) mass is 548 g/mol. The van der Waals surface area contributed by atoms with Crippen molar-refractivity contribution in [2.45, 2.75) is 25.7 Å². The molecule has 0 amide bonds. The fraction of sp³-hybridized carbons (Fsp3) is 0.304. The highest BCUT2D eigenvalue weighted by molar-refractivity contribution is 14.1. The quantitative estimate of drug-likeness (QED) is 0.458. The number of hydrogen-bond donors (Lipinski definition) is 0. The van der Waals surface area contributed by atoms with Gasteiger partial charge in [0.05, 0.1) is 10.6 Å². The van der Waals surface area contributed by atoms with E-state index in [9.17, 15) is 8.42 Å². The minimum atomic E-state index is -3.47. The van der Waals surface area contributed by atoms with Gasteiger partial charge in [0.15, 0.2) is 5.82 Å². The molecule has 8 heteroatoms. The Morgan fingerprint density at radius 2 is 1.45 bits per heavy atom. The van der Waals surface area contributed by atoms with Gasteiger partial charge in [-0.05, 0) is 103 Å². The smallest absolute Gasteiger partial charge is 0.243 e. The molecule has 0 saturated carbocycles. The maximum Gasteiger partial charge on any atom is 0.243 e. The van der Waals surface area contributed by atoms with Crippen molar-refractivity contribution in [2.24, 2.45) is 0 Å².